The molecule has 1 aromatic carbocycles. The summed E-state index contributed by atoms with van der Waals surface area (Å²) in [5.74, 6) is -0.691. The van der Waals surface area contributed by atoms with Crippen LogP contribution in [-0.2, 0) is 4.79 Å². The Balaban J connectivity index is 1.75. The molecule has 1 unspecified atom stereocenters. The standard InChI is InChI=1S/C19H20N4O3/c1-12-10-13(2)23(22-12)17-7-5-4-6-16(17)21-18(24)14(3)20-19(25)15-8-9-26-11-15/h4-11,14H,1-3H3,(H,20,25)(H,21,24). The minimum absolute atomic E-state index is 0.323. The van der Waals surface area contributed by atoms with Crippen molar-refractivity contribution in [2.75, 3.05) is 5.32 Å². The van der Waals surface area contributed by atoms with E-state index in [0.29, 0.717) is 11.3 Å². The largest absolute Gasteiger partial charge is 0.472 e. The summed E-state index contributed by atoms with van der Waals surface area (Å²) >= 11 is 0. The monoisotopic (exact) mass is 352 g/mol. The van der Waals surface area contributed by atoms with Gasteiger partial charge >= 0.3 is 0 Å². The third-order valence-corrected chi connectivity index (χ3v) is 3.92. The first-order valence-corrected chi connectivity index (χ1v) is 8.22. The second-order valence-corrected chi connectivity index (χ2v) is 6.05. The molecule has 0 spiro atoms. The molecule has 2 heterocycles. The van der Waals surface area contributed by atoms with Gasteiger partial charge in [-0.05, 0) is 45.0 Å². The molecule has 0 bridgehead atoms. The van der Waals surface area contributed by atoms with Crippen LogP contribution < -0.4 is 10.6 Å². The molecule has 3 aromatic rings. The van der Waals surface area contributed by atoms with Crippen molar-refractivity contribution >= 4 is 17.5 Å². The lowest BCUT2D eigenvalue weighted by Gasteiger charge is -2.16. The number of para-hydroxylation sites is 2. The number of carbonyl (C=O) groups excluding carboxylic acids is 2. The fourth-order valence-electron chi connectivity index (χ4n) is 2.62. The van der Waals surface area contributed by atoms with E-state index < -0.39 is 6.04 Å². The lowest BCUT2D eigenvalue weighted by Crippen LogP contribution is -2.41. The second-order valence-electron chi connectivity index (χ2n) is 6.05. The Labute approximate surface area is 151 Å². The number of benzene rings is 1. The molecule has 2 amide bonds. The maximum atomic E-state index is 12.5. The fraction of sp³-hybridized carbons (Fsp3) is 0.211. The summed E-state index contributed by atoms with van der Waals surface area (Å²) in [6.07, 6.45) is 2.74. The maximum absolute atomic E-state index is 12.5. The Morgan fingerprint density at radius 1 is 1.19 bits per heavy atom. The summed E-state index contributed by atoms with van der Waals surface area (Å²) in [7, 11) is 0. The molecule has 7 heteroatoms. The highest BCUT2D eigenvalue weighted by Gasteiger charge is 2.19. The van der Waals surface area contributed by atoms with Crippen LogP contribution in [0.2, 0.25) is 0 Å². The van der Waals surface area contributed by atoms with Crippen LogP contribution in [0.3, 0.4) is 0 Å². The summed E-state index contributed by atoms with van der Waals surface area (Å²) in [6.45, 7) is 5.49. The number of hydrogen-bond acceptors (Lipinski definition) is 4. The van der Waals surface area contributed by atoms with Gasteiger partial charge < -0.3 is 15.1 Å². The van der Waals surface area contributed by atoms with Gasteiger partial charge in [0.2, 0.25) is 5.91 Å². The third-order valence-electron chi connectivity index (χ3n) is 3.92. The zero-order valence-electron chi connectivity index (χ0n) is 14.8. The molecule has 3 rings (SSSR count). The van der Waals surface area contributed by atoms with Crippen molar-refractivity contribution in [3.05, 3.63) is 65.9 Å². The van der Waals surface area contributed by atoms with Crippen LogP contribution in [0, 0.1) is 13.8 Å². The van der Waals surface area contributed by atoms with Crippen LogP contribution in [0.25, 0.3) is 5.69 Å². The number of rotatable bonds is 5. The molecule has 0 saturated heterocycles. The predicted molar refractivity (Wildman–Crippen MR) is 97.3 cm³/mol. The van der Waals surface area contributed by atoms with Gasteiger partial charge in [0.1, 0.15) is 12.3 Å². The van der Waals surface area contributed by atoms with Gasteiger partial charge in [-0.1, -0.05) is 12.1 Å². The lowest BCUT2D eigenvalue weighted by atomic mass is 10.2. The average molecular weight is 352 g/mol. The topological polar surface area (TPSA) is 89.2 Å². The zero-order chi connectivity index (χ0) is 18.7. The normalized spacial score (nSPS) is 11.8. The Morgan fingerprint density at radius 2 is 1.96 bits per heavy atom. The number of furan rings is 1. The highest BCUT2D eigenvalue weighted by molar-refractivity contribution is 6.01. The Kier molecular flexibility index (Phi) is 4.88. The zero-order valence-corrected chi connectivity index (χ0v) is 14.8. The van der Waals surface area contributed by atoms with E-state index >= 15 is 0 Å². The van der Waals surface area contributed by atoms with E-state index in [4.69, 9.17) is 4.42 Å². The molecular formula is C19H20N4O3. The van der Waals surface area contributed by atoms with Crippen LogP contribution in [0.1, 0.15) is 28.7 Å². The highest BCUT2D eigenvalue weighted by atomic mass is 16.3. The molecule has 134 valence electrons. The Hall–Kier alpha value is -3.35. The van der Waals surface area contributed by atoms with Crippen molar-refractivity contribution in [2.24, 2.45) is 0 Å². The number of aromatic nitrogens is 2. The molecule has 0 fully saturated rings. The minimum atomic E-state index is -0.717. The number of carbonyl (C=O) groups is 2. The molecule has 0 saturated carbocycles. The van der Waals surface area contributed by atoms with Gasteiger partial charge in [0.15, 0.2) is 0 Å². The number of nitrogens with one attached hydrogen (secondary N) is 2. The highest BCUT2D eigenvalue weighted by Crippen LogP contribution is 2.21. The van der Waals surface area contributed by atoms with Gasteiger partial charge in [-0.15, -0.1) is 0 Å². The van der Waals surface area contributed by atoms with Gasteiger partial charge in [-0.25, -0.2) is 4.68 Å². The van der Waals surface area contributed by atoms with E-state index in [1.54, 1.807) is 17.7 Å². The average Bonchev–Trinajstić information content (AvgIpc) is 3.25. The van der Waals surface area contributed by atoms with Crippen LogP contribution in [0.15, 0.2) is 53.3 Å². The van der Waals surface area contributed by atoms with Gasteiger partial charge in [0, 0.05) is 5.69 Å². The third kappa shape index (κ3) is 3.66. The number of anilines is 1. The first-order valence-electron chi connectivity index (χ1n) is 8.22. The first kappa shape index (κ1) is 17.5. The van der Waals surface area contributed by atoms with Gasteiger partial charge in [-0.2, -0.15) is 5.10 Å². The molecule has 2 aromatic heterocycles. The SMILES string of the molecule is Cc1cc(C)n(-c2ccccc2NC(=O)C(C)NC(=O)c2ccoc2)n1. The van der Waals surface area contributed by atoms with Crippen molar-refractivity contribution in [1.82, 2.24) is 15.1 Å². The van der Waals surface area contributed by atoms with Crippen molar-refractivity contribution in [1.29, 1.82) is 0 Å². The quantitative estimate of drug-likeness (QED) is 0.739. The molecule has 0 aliphatic rings. The lowest BCUT2D eigenvalue weighted by molar-refractivity contribution is -0.117. The molecule has 2 N–H and O–H groups in total. The van der Waals surface area contributed by atoms with Gasteiger partial charge in [0.25, 0.3) is 5.91 Å². The summed E-state index contributed by atoms with van der Waals surface area (Å²) in [4.78, 5) is 24.6. The van der Waals surface area contributed by atoms with Crippen LogP contribution in [-0.4, -0.2) is 27.6 Å². The van der Waals surface area contributed by atoms with E-state index in [-0.39, 0.29) is 11.8 Å². The van der Waals surface area contributed by atoms with Crippen molar-refractivity contribution in [3.8, 4) is 5.69 Å². The van der Waals surface area contributed by atoms with Crippen molar-refractivity contribution in [2.45, 2.75) is 26.8 Å². The summed E-state index contributed by atoms with van der Waals surface area (Å²) in [5.41, 5.74) is 3.61. The minimum Gasteiger partial charge on any atom is -0.472 e. The molecule has 1 atom stereocenters. The smallest absolute Gasteiger partial charge is 0.255 e. The summed E-state index contributed by atoms with van der Waals surface area (Å²) in [5, 5.41) is 9.96. The summed E-state index contributed by atoms with van der Waals surface area (Å²) in [6, 6.07) is 10.2. The molecular weight excluding hydrogens is 332 g/mol. The molecule has 26 heavy (non-hydrogen) atoms. The van der Waals surface area contributed by atoms with Gasteiger partial charge in [0.05, 0.1) is 28.9 Å². The van der Waals surface area contributed by atoms with E-state index in [9.17, 15) is 9.59 Å². The molecule has 0 aliphatic carbocycles. The molecule has 0 aliphatic heterocycles. The second kappa shape index (κ2) is 7.26. The Morgan fingerprint density at radius 3 is 2.62 bits per heavy atom. The van der Waals surface area contributed by atoms with E-state index in [1.165, 1.54) is 18.6 Å². The van der Waals surface area contributed by atoms with E-state index in [2.05, 4.69) is 15.7 Å². The molecule has 0 radical (unpaired) electrons. The number of hydrogen-bond donors (Lipinski definition) is 2. The fourth-order valence-corrected chi connectivity index (χ4v) is 2.62. The number of amides is 2. The van der Waals surface area contributed by atoms with E-state index in [0.717, 1.165) is 17.1 Å². The summed E-state index contributed by atoms with van der Waals surface area (Å²) < 4.78 is 6.66. The number of nitrogens with zero attached hydrogens (tertiary/aromatic N) is 2. The van der Waals surface area contributed by atoms with Crippen molar-refractivity contribution in [3.63, 3.8) is 0 Å². The first-order chi connectivity index (χ1) is 12.5. The van der Waals surface area contributed by atoms with Crippen LogP contribution >= 0.6 is 0 Å². The van der Waals surface area contributed by atoms with Crippen LogP contribution in [0.5, 0.6) is 0 Å². The Bertz CT molecular complexity index is 928. The van der Waals surface area contributed by atoms with E-state index in [1.807, 2.05) is 38.1 Å². The van der Waals surface area contributed by atoms with Crippen molar-refractivity contribution < 1.29 is 14.0 Å². The van der Waals surface area contributed by atoms with Crippen LogP contribution in [0.4, 0.5) is 5.69 Å². The maximum Gasteiger partial charge on any atom is 0.255 e. The molecule has 7 nitrogen and oxygen atoms in total. The van der Waals surface area contributed by atoms with Gasteiger partial charge in [-0.3, -0.25) is 9.59 Å². The number of aryl methyl sites for hydroxylation is 2. The predicted octanol–water partition coefficient (Wildman–Crippen LogP) is 2.84.